The quantitative estimate of drug-likeness (QED) is 0.775. The second-order valence-corrected chi connectivity index (χ2v) is 5.00. The van der Waals surface area contributed by atoms with E-state index in [0.29, 0.717) is 12.0 Å². The van der Waals surface area contributed by atoms with Gasteiger partial charge in [0.2, 0.25) is 0 Å². The SMILES string of the molecule is CCNC1COCC1CNCc1nccs1. The number of hydrogen-bond acceptors (Lipinski definition) is 5. The third kappa shape index (κ3) is 3.25. The zero-order chi connectivity index (χ0) is 11.2. The predicted octanol–water partition coefficient (Wildman–Crippen LogP) is 0.857. The summed E-state index contributed by atoms with van der Waals surface area (Å²) in [6.45, 7) is 6.72. The van der Waals surface area contributed by atoms with E-state index in [9.17, 15) is 0 Å². The molecule has 1 aliphatic heterocycles. The first-order valence-corrected chi connectivity index (χ1v) is 6.68. The van der Waals surface area contributed by atoms with Gasteiger partial charge in [-0.2, -0.15) is 0 Å². The number of rotatable bonds is 6. The van der Waals surface area contributed by atoms with Crippen molar-refractivity contribution in [2.75, 3.05) is 26.3 Å². The van der Waals surface area contributed by atoms with E-state index in [4.69, 9.17) is 4.74 Å². The molecule has 0 radical (unpaired) electrons. The molecule has 5 heteroatoms. The highest BCUT2D eigenvalue weighted by Gasteiger charge is 2.26. The summed E-state index contributed by atoms with van der Waals surface area (Å²) < 4.78 is 5.49. The minimum Gasteiger partial charge on any atom is -0.379 e. The first-order valence-electron chi connectivity index (χ1n) is 5.80. The number of aromatic nitrogens is 1. The molecule has 1 saturated heterocycles. The highest BCUT2D eigenvalue weighted by atomic mass is 32.1. The summed E-state index contributed by atoms with van der Waals surface area (Å²) in [5.74, 6) is 0.583. The fourth-order valence-electron chi connectivity index (χ4n) is 1.99. The first kappa shape index (κ1) is 12.0. The van der Waals surface area contributed by atoms with E-state index in [0.717, 1.165) is 37.9 Å². The van der Waals surface area contributed by atoms with Crippen LogP contribution in [0.1, 0.15) is 11.9 Å². The van der Waals surface area contributed by atoms with E-state index in [2.05, 4.69) is 22.5 Å². The molecule has 2 heterocycles. The van der Waals surface area contributed by atoms with Gasteiger partial charge in [-0.25, -0.2) is 4.98 Å². The molecule has 2 N–H and O–H groups in total. The normalized spacial score (nSPS) is 25.1. The molecule has 0 amide bonds. The van der Waals surface area contributed by atoms with Crippen LogP contribution in [0, 0.1) is 5.92 Å². The van der Waals surface area contributed by atoms with Crippen LogP contribution in [0.3, 0.4) is 0 Å². The standard InChI is InChI=1S/C11H19N3OS/c1-2-13-10-8-15-7-9(10)5-12-6-11-14-3-4-16-11/h3-4,9-10,12-13H,2,5-8H2,1H3. The molecule has 0 saturated carbocycles. The van der Waals surface area contributed by atoms with Gasteiger partial charge < -0.3 is 15.4 Å². The lowest BCUT2D eigenvalue weighted by molar-refractivity contribution is 0.182. The lowest BCUT2D eigenvalue weighted by atomic mass is 10.0. The maximum absolute atomic E-state index is 5.49. The number of nitrogens with one attached hydrogen (secondary N) is 2. The van der Waals surface area contributed by atoms with Crippen molar-refractivity contribution >= 4 is 11.3 Å². The first-order chi connectivity index (χ1) is 7.90. The highest BCUT2D eigenvalue weighted by Crippen LogP contribution is 2.13. The molecule has 0 bridgehead atoms. The van der Waals surface area contributed by atoms with E-state index >= 15 is 0 Å². The van der Waals surface area contributed by atoms with Gasteiger partial charge in [0, 0.05) is 36.6 Å². The molecule has 90 valence electrons. The van der Waals surface area contributed by atoms with E-state index in [-0.39, 0.29) is 0 Å². The van der Waals surface area contributed by atoms with E-state index in [1.165, 1.54) is 0 Å². The minimum atomic E-state index is 0.508. The van der Waals surface area contributed by atoms with E-state index < -0.39 is 0 Å². The fraction of sp³-hybridized carbons (Fsp3) is 0.727. The van der Waals surface area contributed by atoms with Crippen LogP contribution in [0.25, 0.3) is 0 Å². The van der Waals surface area contributed by atoms with Crippen LogP contribution < -0.4 is 10.6 Å². The van der Waals surface area contributed by atoms with Crippen LogP contribution in [-0.4, -0.2) is 37.3 Å². The van der Waals surface area contributed by atoms with Crippen molar-refractivity contribution in [2.45, 2.75) is 19.5 Å². The Hall–Kier alpha value is -0.490. The van der Waals surface area contributed by atoms with Crippen molar-refractivity contribution in [3.8, 4) is 0 Å². The second kappa shape index (κ2) is 6.30. The van der Waals surface area contributed by atoms with Gasteiger partial charge in [-0.15, -0.1) is 11.3 Å². The molecule has 1 aromatic heterocycles. The summed E-state index contributed by atoms with van der Waals surface area (Å²) in [6, 6.07) is 0.508. The summed E-state index contributed by atoms with van der Waals surface area (Å²) in [5, 5.41) is 10.1. The summed E-state index contributed by atoms with van der Waals surface area (Å²) >= 11 is 1.70. The van der Waals surface area contributed by atoms with Crippen LogP contribution in [0.5, 0.6) is 0 Å². The molecule has 1 aliphatic rings. The van der Waals surface area contributed by atoms with E-state index in [1.54, 1.807) is 11.3 Å². The van der Waals surface area contributed by atoms with Crippen LogP contribution in [-0.2, 0) is 11.3 Å². The average molecular weight is 241 g/mol. The number of ether oxygens (including phenoxy) is 1. The van der Waals surface area contributed by atoms with Crippen LogP contribution in [0.4, 0.5) is 0 Å². The molecule has 16 heavy (non-hydrogen) atoms. The molecule has 1 fully saturated rings. The third-order valence-corrected chi connectivity index (χ3v) is 3.61. The summed E-state index contributed by atoms with van der Waals surface area (Å²) in [6.07, 6.45) is 1.85. The number of thiazole rings is 1. The van der Waals surface area contributed by atoms with Gasteiger partial charge in [0.1, 0.15) is 5.01 Å². The molecule has 2 atom stereocenters. The average Bonchev–Trinajstić information content (AvgIpc) is 2.91. The lowest BCUT2D eigenvalue weighted by Crippen LogP contribution is -2.40. The number of likely N-dealkylation sites (N-methyl/N-ethyl adjacent to an activating group) is 1. The van der Waals surface area contributed by atoms with Gasteiger partial charge in [-0.1, -0.05) is 6.92 Å². The zero-order valence-electron chi connectivity index (χ0n) is 9.61. The molecule has 2 unspecified atom stereocenters. The minimum absolute atomic E-state index is 0.508. The molecule has 1 aromatic rings. The maximum atomic E-state index is 5.49. The third-order valence-electron chi connectivity index (χ3n) is 2.83. The Morgan fingerprint density at radius 2 is 2.50 bits per heavy atom. The predicted molar refractivity (Wildman–Crippen MR) is 65.6 cm³/mol. The van der Waals surface area contributed by atoms with Gasteiger partial charge in [-0.3, -0.25) is 0 Å². The molecule has 0 spiro atoms. The van der Waals surface area contributed by atoms with Crippen molar-refractivity contribution in [1.29, 1.82) is 0 Å². The summed E-state index contributed by atoms with van der Waals surface area (Å²) in [5.41, 5.74) is 0. The lowest BCUT2D eigenvalue weighted by Gasteiger charge is -2.18. The maximum Gasteiger partial charge on any atom is 0.106 e. The Kier molecular flexibility index (Phi) is 4.71. The van der Waals surface area contributed by atoms with Crippen molar-refractivity contribution in [2.24, 2.45) is 5.92 Å². The topological polar surface area (TPSA) is 46.2 Å². The molecule has 0 aromatic carbocycles. The Balaban J connectivity index is 1.69. The fourth-order valence-corrected chi connectivity index (χ4v) is 2.58. The second-order valence-electron chi connectivity index (χ2n) is 4.02. The molecular formula is C11H19N3OS. The molecule has 0 aliphatic carbocycles. The number of hydrogen-bond donors (Lipinski definition) is 2. The zero-order valence-corrected chi connectivity index (χ0v) is 10.4. The van der Waals surface area contributed by atoms with E-state index in [1.807, 2.05) is 11.6 Å². The van der Waals surface area contributed by atoms with Crippen LogP contribution >= 0.6 is 11.3 Å². The van der Waals surface area contributed by atoms with Gasteiger partial charge >= 0.3 is 0 Å². The van der Waals surface area contributed by atoms with Gasteiger partial charge in [0.05, 0.1) is 13.2 Å². The number of nitrogens with zero attached hydrogens (tertiary/aromatic N) is 1. The largest absolute Gasteiger partial charge is 0.379 e. The van der Waals surface area contributed by atoms with Crippen molar-refractivity contribution in [1.82, 2.24) is 15.6 Å². The summed E-state index contributed by atoms with van der Waals surface area (Å²) in [4.78, 5) is 4.24. The van der Waals surface area contributed by atoms with Gasteiger partial charge in [-0.05, 0) is 6.54 Å². The molecular weight excluding hydrogens is 222 g/mol. The van der Waals surface area contributed by atoms with Crippen molar-refractivity contribution in [3.05, 3.63) is 16.6 Å². The van der Waals surface area contributed by atoms with Crippen molar-refractivity contribution < 1.29 is 4.74 Å². The molecule has 2 rings (SSSR count). The van der Waals surface area contributed by atoms with Gasteiger partial charge in [0.25, 0.3) is 0 Å². The Morgan fingerprint density at radius 1 is 1.56 bits per heavy atom. The van der Waals surface area contributed by atoms with Crippen LogP contribution in [0.2, 0.25) is 0 Å². The molecule has 4 nitrogen and oxygen atoms in total. The Morgan fingerprint density at radius 3 is 3.25 bits per heavy atom. The monoisotopic (exact) mass is 241 g/mol. The Bertz CT molecular complexity index is 291. The van der Waals surface area contributed by atoms with Crippen molar-refractivity contribution in [3.63, 3.8) is 0 Å². The van der Waals surface area contributed by atoms with Crippen LogP contribution in [0.15, 0.2) is 11.6 Å². The van der Waals surface area contributed by atoms with Gasteiger partial charge in [0.15, 0.2) is 0 Å². The smallest absolute Gasteiger partial charge is 0.106 e. The highest BCUT2D eigenvalue weighted by molar-refractivity contribution is 7.09. The summed E-state index contributed by atoms with van der Waals surface area (Å²) in [7, 11) is 0. The Labute approximate surface area is 100 Å².